The summed E-state index contributed by atoms with van der Waals surface area (Å²) >= 11 is 0.513. The Morgan fingerprint density at radius 3 is 2.62 bits per heavy atom. The average Bonchev–Trinajstić information content (AvgIpc) is 2.59. The number of aromatic amines is 1. The average molecular weight is 246 g/mol. The minimum absolute atomic E-state index is 0.329. The molecule has 0 unspecified atom stereocenters. The van der Waals surface area contributed by atoms with E-state index in [1.54, 1.807) is 6.20 Å². The van der Waals surface area contributed by atoms with Crippen LogP contribution in [0.1, 0.15) is 5.69 Å². The van der Waals surface area contributed by atoms with Crippen molar-refractivity contribution in [3.8, 4) is 0 Å². The number of quaternary nitrogens is 1. The van der Waals surface area contributed by atoms with E-state index in [-0.39, 0.29) is 0 Å². The second kappa shape index (κ2) is 4.86. The van der Waals surface area contributed by atoms with Crippen LogP contribution in [-0.2, 0) is 11.2 Å². The molecule has 0 aromatic carbocycles. The number of aliphatic carboxylic acids is 1. The minimum Gasteiger partial charge on any atom is -0.477 e. The van der Waals surface area contributed by atoms with Gasteiger partial charge in [-0.05, 0) is 0 Å². The maximum absolute atomic E-state index is 11.1. The molecule has 0 aliphatic rings. The number of carbonyl (C=O) groups is 1. The standard InChI is InChI=1S/C9H15N3O3S/c1-12(2,3)7(8(13)14)4-6-5-10-9(11-6)16-15/h5,7H,4H2,1-3H3,(H2-,10,11,13,14,15)/p+1/t7-/m0/s1. The largest absolute Gasteiger partial charge is 0.477 e. The first-order valence-corrected chi connectivity index (χ1v) is 5.51. The molecule has 0 radical (unpaired) electrons. The number of nitrogens with one attached hydrogen (secondary N) is 1. The van der Waals surface area contributed by atoms with Crippen LogP contribution in [0.4, 0.5) is 0 Å². The van der Waals surface area contributed by atoms with Crippen molar-refractivity contribution in [2.45, 2.75) is 17.6 Å². The van der Waals surface area contributed by atoms with E-state index in [0.717, 1.165) is 0 Å². The first-order valence-electron chi connectivity index (χ1n) is 4.74. The Balaban J connectivity index is 2.80. The lowest BCUT2D eigenvalue weighted by molar-refractivity contribution is -0.887. The van der Waals surface area contributed by atoms with Gasteiger partial charge in [0.25, 0.3) is 0 Å². The van der Waals surface area contributed by atoms with Crippen molar-refractivity contribution in [2.75, 3.05) is 21.1 Å². The SMILES string of the molecule is C[N+](C)(C)[C@@H](Cc1cnc(SO)[nH]1)C(=O)O. The summed E-state index contributed by atoms with van der Waals surface area (Å²) in [6.45, 7) is 0. The van der Waals surface area contributed by atoms with Gasteiger partial charge in [0.05, 0.1) is 39.6 Å². The highest BCUT2D eigenvalue weighted by Crippen LogP contribution is 2.14. The van der Waals surface area contributed by atoms with Gasteiger partial charge in [-0.25, -0.2) is 9.78 Å². The fourth-order valence-corrected chi connectivity index (χ4v) is 1.67. The first-order chi connectivity index (χ1) is 7.34. The number of likely N-dealkylation sites (N-methyl/N-ethyl adjacent to an activating group) is 1. The highest BCUT2D eigenvalue weighted by Gasteiger charge is 2.31. The van der Waals surface area contributed by atoms with E-state index in [9.17, 15) is 4.79 Å². The van der Waals surface area contributed by atoms with Gasteiger partial charge in [0.1, 0.15) is 0 Å². The lowest BCUT2D eigenvalue weighted by Crippen LogP contribution is -2.51. The summed E-state index contributed by atoms with van der Waals surface area (Å²) in [5.41, 5.74) is 0.706. The number of H-pyrrole nitrogens is 1. The Morgan fingerprint density at radius 2 is 2.25 bits per heavy atom. The van der Waals surface area contributed by atoms with E-state index < -0.39 is 12.0 Å². The van der Waals surface area contributed by atoms with Crippen LogP contribution in [-0.4, -0.2) is 57.3 Å². The minimum atomic E-state index is -0.847. The van der Waals surface area contributed by atoms with Gasteiger partial charge < -0.3 is 19.1 Å². The molecule has 0 fully saturated rings. The van der Waals surface area contributed by atoms with Gasteiger partial charge in [0.2, 0.25) is 0 Å². The quantitative estimate of drug-likeness (QED) is 0.525. The summed E-state index contributed by atoms with van der Waals surface area (Å²) in [7, 11) is 5.49. The molecule has 1 atom stereocenters. The van der Waals surface area contributed by atoms with E-state index in [2.05, 4.69) is 9.97 Å². The normalized spacial score (nSPS) is 13.8. The van der Waals surface area contributed by atoms with Crippen LogP contribution in [0.2, 0.25) is 0 Å². The van der Waals surface area contributed by atoms with Crippen molar-refractivity contribution in [3.05, 3.63) is 11.9 Å². The molecule has 1 rings (SSSR count). The zero-order valence-electron chi connectivity index (χ0n) is 9.47. The summed E-state index contributed by atoms with van der Waals surface area (Å²) < 4.78 is 9.09. The van der Waals surface area contributed by atoms with Gasteiger partial charge in [0.15, 0.2) is 11.2 Å². The first kappa shape index (κ1) is 13.0. The molecular weight excluding hydrogens is 230 g/mol. The van der Waals surface area contributed by atoms with E-state index in [1.807, 2.05) is 21.1 Å². The maximum atomic E-state index is 11.1. The molecule has 0 bridgehead atoms. The number of rotatable bonds is 5. The molecular formula is C9H16N3O3S+. The molecule has 16 heavy (non-hydrogen) atoms. The van der Waals surface area contributed by atoms with Crippen LogP contribution in [0, 0.1) is 0 Å². The van der Waals surface area contributed by atoms with Crippen LogP contribution in [0.15, 0.2) is 11.4 Å². The lowest BCUT2D eigenvalue weighted by atomic mass is 10.1. The summed E-state index contributed by atoms with van der Waals surface area (Å²) in [6, 6.07) is -0.544. The summed E-state index contributed by atoms with van der Waals surface area (Å²) in [5, 5.41) is 9.51. The molecule has 90 valence electrons. The Morgan fingerprint density at radius 1 is 1.62 bits per heavy atom. The molecule has 6 nitrogen and oxygen atoms in total. The second-order valence-electron chi connectivity index (χ2n) is 4.48. The Kier molecular flexibility index (Phi) is 3.95. The zero-order chi connectivity index (χ0) is 12.3. The van der Waals surface area contributed by atoms with Crippen molar-refractivity contribution in [1.29, 1.82) is 0 Å². The fraction of sp³-hybridized carbons (Fsp3) is 0.556. The molecule has 1 aromatic rings. The molecule has 0 amide bonds. The van der Waals surface area contributed by atoms with Crippen molar-refractivity contribution in [3.63, 3.8) is 0 Å². The molecule has 7 heteroatoms. The number of hydrogen-bond acceptors (Lipinski definition) is 4. The molecule has 1 heterocycles. The molecule has 0 aliphatic heterocycles. The van der Waals surface area contributed by atoms with Crippen LogP contribution >= 0.6 is 12.0 Å². The lowest BCUT2D eigenvalue weighted by Gasteiger charge is -2.30. The summed E-state index contributed by atoms with van der Waals surface area (Å²) in [5.74, 6) is -0.847. The predicted octanol–water partition coefficient (Wildman–Crippen LogP) is 0.677. The van der Waals surface area contributed by atoms with Crippen molar-refractivity contribution >= 4 is 18.0 Å². The number of carboxylic acids is 1. The van der Waals surface area contributed by atoms with Crippen LogP contribution in [0.3, 0.4) is 0 Å². The number of carboxylic acid groups (broad SMARTS) is 1. The molecule has 3 N–H and O–H groups in total. The van der Waals surface area contributed by atoms with Crippen LogP contribution in [0.5, 0.6) is 0 Å². The topological polar surface area (TPSA) is 86.2 Å². The van der Waals surface area contributed by atoms with Gasteiger partial charge in [-0.3, -0.25) is 0 Å². The van der Waals surface area contributed by atoms with Gasteiger partial charge in [-0.15, -0.1) is 0 Å². The molecule has 1 aromatic heterocycles. The second-order valence-corrected chi connectivity index (χ2v) is 5.05. The highest BCUT2D eigenvalue weighted by molar-refractivity contribution is 7.93. The Bertz CT molecular complexity index is 372. The van der Waals surface area contributed by atoms with E-state index >= 15 is 0 Å². The Hall–Kier alpha value is -1.05. The Labute approximate surface area is 98.1 Å². The van der Waals surface area contributed by atoms with Crippen LogP contribution in [0.25, 0.3) is 0 Å². The number of imidazole rings is 1. The third kappa shape index (κ3) is 3.22. The van der Waals surface area contributed by atoms with Crippen LogP contribution < -0.4 is 0 Å². The van der Waals surface area contributed by atoms with E-state index in [1.165, 1.54) is 0 Å². The molecule has 0 saturated carbocycles. The number of aromatic nitrogens is 2. The summed E-state index contributed by atoms with van der Waals surface area (Å²) in [6.07, 6.45) is 1.90. The third-order valence-corrected chi connectivity index (χ3v) is 2.71. The number of nitrogens with zero attached hydrogens (tertiary/aromatic N) is 2. The van der Waals surface area contributed by atoms with Gasteiger partial charge in [0, 0.05) is 11.9 Å². The smallest absolute Gasteiger partial charge is 0.362 e. The number of hydrogen-bond donors (Lipinski definition) is 3. The van der Waals surface area contributed by atoms with E-state index in [4.69, 9.17) is 9.66 Å². The van der Waals surface area contributed by atoms with Crippen molar-refractivity contribution < 1.29 is 18.9 Å². The van der Waals surface area contributed by atoms with Gasteiger partial charge in [-0.2, -0.15) is 0 Å². The monoisotopic (exact) mass is 246 g/mol. The molecule has 0 aliphatic carbocycles. The predicted molar refractivity (Wildman–Crippen MR) is 60.2 cm³/mol. The van der Waals surface area contributed by atoms with Crippen molar-refractivity contribution in [1.82, 2.24) is 9.97 Å². The maximum Gasteiger partial charge on any atom is 0.362 e. The third-order valence-electron chi connectivity index (χ3n) is 2.32. The zero-order valence-corrected chi connectivity index (χ0v) is 10.3. The molecule has 0 saturated heterocycles. The fourth-order valence-electron chi connectivity index (χ4n) is 1.39. The highest BCUT2D eigenvalue weighted by atomic mass is 32.2. The molecule has 0 spiro atoms. The van der Waals surface area contributed by atoms with Gasteiger partial charge >= 0.3 is 5.97 Å². The van der Waals surface area contributed by atoms with E-state index in [0.29, 0.717) is 33.8 Å². The van der Waals surface area contributed by atoms with Gasteiger partial charge in [-0.1, -0.05) is 0 Å². The van der Waals surface area contributed by atoms with Crippen molar-refractivity contribution in [2.24, 2.45) is 0 Å². The summed E-state index contributed by atoms with van der Waals surface area (Å²) in [4.78, 5) is 17.9.